The van der Waals surface area contributed by atoms with E-state index in [0.717, 1.165) is 13.0 Å². The maximum Gasteiger partial charge on any atom is 0.0922 e. The lowest BCUT2D eigenvalue weighted by atomic mass is 10.0. The quantitative estimate of drug-likeness (QED) is 0.745. The lowest BCUT2D eigenvalue weighted by molar-refractivity contribution is 0.443. The van der Waals surface area contributed by atoms with Gasteiger partial charge in [-0.3, -0.25) is 0 Å². The van der Waals surface area contributed by atoms with Gasteiger partial charge in [-0.15, -0.1) is 0 Å². The molecule has 0 fully saturated rings. The molecule has 1 aliphatic rings. The predicted molar refractivity (Wildman–Crippen MR) is 66.2 cm³/mol. The number of thiophene rings is 1. The molecular weight excluding hydrogens is 226 g/mol. The fourth-order valence-electron chi connectivity index (χ4n) is 2.01. The Hall–Kier alpha value is -0.450. The highest BCUT2D eigenvalue weighted by atomic mass is 32.2. The molecule has 2 heterocycles. The van der Waals surface area contributed by atoms with Gasteiger partial charge in [-0.05, 0) is 28.8 Å². The van der Waals surface area contributed by atoms with Crippen molar-refractivity contribution < 1.29 is 4.21 Å². The average molecular weight is 241 g/mol. The second kappa shape index (κ2) is 4.60. The van der Waals surface area contributed by atoms with Crippen molar-refractivity contribution in [1.29, 1.82) is 0 Å². The highest BCUT2D eigenvalue weighted by molar-refractivity contribution is 7.81. The van der Waals surface area contributed by atoms with Crippen molar-refractivity contribution in [2.45, 2.75) is 19.4 Å². The molecular formula is C11H15NOS2. The zero-order chi connectivity index (χ0) is 10.8. The van der Waals surface area contributed by atoms with Gasteiger partial charge in [0, 0.05) is 12.8 Å². The van der Waals surface area contributed by atoms with Gasteiger partial charge >= 0.3 is 0 Å². The minimum Gasteiger partial charge on any atom is -0.243 e. The van der Waals surface area contributed by atoms with Crippen LogP contribution in [-0.2, 0) is 11.0 Å². The van der Waals surface area contributed by atoms with Gasteiger partial charge in [0.2, 0.25) is 0 Å². The van der Waals surface area contributed by atoms with Crippen LogP contribution in [0.1, 0.15) is 24.9 Å². The molecule has 0 saturated heterocycles. The number of hydrogen-bond donors (Lipinski definition) is 0. The zero-order valence-corrected chi connectivity index (χ0v) is 10.6. The van der Waals surface area contributed by atoms with Gasteiger partial charge in [0.1, 0.15) is 0 Å². The monoisotopic (exact) mass is 241 g/mol. The molecule has 1 aromatic rings. The van der Waals surface area contributed by atoms with Crippen LogP contribution in [0.4, 0.5) is 0 Å². The molecule has 0 aromatic carbocycles. The second-order valence-corrected chi connectivity index (χ2v) is 5.71. The summed E-state index contributed by atoms with van der Waals surface area (Å²) in [5.74, 6) is 0. The summed E-state index contributed by atoms with van der Waals surface area (Å²) >= 11 is 1.70. The first-order valence-electron chi connectivity index (χ1n) is 5.05. The predicted octanol–water partition coefficient (Wildman–Crippen LogP) is 2.73. The lowest BCUT2D eigenvalue weighted by Gasteiger charge is -2.23. The van der Waals surface area contributed by atoms with Crippen LogP contribution >= 0.6 is 11.3 Å². The molecule has 15 heavy (non-hydrogen) atoms. The highest BCUT2D eigenvalue weighted by Crippen LogP contribution is 2.36. The Balaban J connectivity index is 2.31. The van der Waals surface area contributed by atoms with E-state index in [9.17, 15) is 4.21 Å². The summed E-state index contributed by atoms with van der Waals surface area (Å²) in [6.45, 7) is 2.97. The van der Waals surface area contributed by atoms with Crippen LogP contribution in [0.25, 0.3) is 0 Å². The van der Waals surface area contributed by atoms with Crippen LogP contribution in [0.15, 0.2) is 28.5 Å². The molecule has 0 spiro atoms. The molecule has 4 heteroatoms. The Morgan fingerprint density at radius 1 is 1.67 bits per heavy atom. The van der Waals surface area contributed by atoms with E-state index in [1.54, 1.807) is 17.6 Å². The number of hydrogen-bond acceptors (Lipinski definition) is 2. The normalized spacial score (nSPS) is 24.1. The van der Waals surface area contributed by atoms with Crippen LogP contribution < -0.4 is 0 Å². The first kappa shape index (κ1) is 11.0. The molecule has 82 valence electrons. The average Bonchev–Trinajstić information content (AvgIpc) is 2.85. The molecule has 2 nitrogen and oxygen atoms in total. The van der Waals surface area contributed by atoms with Crippen molar-refractivity contribution in [3.8, 4) is 0 Å². The Morgan fingerprint density at radius 3 is 3.00 bits per heavy atom. The smallest absolute Gasteiger partial charge is 0.0922 e. The fraction of sp³-hybridized carbons (Fsp3) is 0.455. The summed E-state index contributed by atoms with van der Waals surface area (Å²) in [7, 11) is -0.892. The van der Waals surface area contributed by atoms with E-state index in [4.69, 9.17) is 0 Å². The van der Waals surface area contributed by atoms with Gasteiger partial charge in [-0.25, -0.2) is 8.51 Å². The Morgan fingerprint density at radius 2 is 2.47 bits per heavy atom. The summed E-state index contributed by atoms with van der Waals surface area (Å²) in [6, 6.07) is 2.37. The van der Waals surface area contributed by atoms with Crippen LogP contribution in [0.3, 0.4) is 0 Å². The molecule has 0 aliphatic carbocycles. The first-order valence-corrected chi connectivity index (χ1v) is 7.51. The molecule has 1 aliphatic heterocycles. The first-order chi connectivity index (χ1) is 7.24. The van der Waals surface area contributed by atoms with Gasteiger partial charge in [0.25, 0.3) is 0 Å². The third-order valence-electron chi connectivity index (χ3n) is 2.77. The Bertz CT molecular complexity index is 383. The van der Waals surface area contributed by atoms with Gasteiger partial charge in [-0.2, -0.15) is 11.3 Å². The minimum absolute atomic E-state index is 0.243. The summed E-state index contributed by atoms with van der Waals surface area (Å²) in [6.07, 6.45) is 5.00. The molecule has 2 rings (SSSR count). The number of rotatable bonds is 3. The van der Waals surface area contributed by atoms with E-state index in [2.05, 4.69) is 29.8 Å². The summed E-state index contributed by atoms with van der Waals surface area (Å²) < 4.78 is 13.7. The topological polar surface area (TPSA) is 20.3 Å². The molecule has 0 N–H and O–H groups in total. The van der Waals surface area contributed by atoms with E-state index in [1.807, 2.05) is 4.31 Å². The van der Waals surface area contributed by atoms with E-state index in [0.29, 0.717) is 0 Å². The third kappa shape index (κ3) is 2.07. The highest BCUT2D eigenvalue weighted by Gasteiger charge is 2.30. The van der Waals surface area contributed by atoms with E-state index in [-0.39, 0.29) is 6.04 Å². The summed E-state index contributed by atoms with van der Waals surface area (Å²) in [5, 5.41) is 4.23. The van der Waals surface area contributed by atoms with Gasteiger partial charge in [0.05, 0.1) is 17.0 Å². The lowest BCUT2D eigenvalue weighted by Crippen LogP contribution is -2.26. The van der Waals surface area contributed by atoms with Gasteiger partial charge in [0.15, 0.2) is 0 Å². The van der Waals surface area contributed by atoms with Crippen LogP contribution in [-0.4, -0.2) is 21.3 Å². The van der Waals surface area contributed by atoms with E-state index >= 15 is 0 Å². The zero-order valence-electron chi connectivity index (χ0n) is 8.97. The third-order valence-corrected chi connectivity index (χ3v) is 4.49. The van der Waals surface area contributed by atoms with Crippen molar-refractivity contribution in [3.63, 3.8) is 0 Å². The second-order valence-electron chi connectivity index (χ2n) is 3.62. The largest absolute Gasteiger partial charge is 0.243 e. The van der Waals surface area contributed by atoms with E-state index in [1.165, 1.54) is 11.1 Å². The maximum absolute atomic E-state index is 11.6. The van der Waals surface area contributed by atoms with Crippen molar-refractivity contribution in [3.05, 3.63) is 34.0 Å². The molecule has 0 amide bonds. The summed E-state index contributed by atoms with van der Waals surface area (Å²) in [4.78, 5) is 0. The maximum atomic E-state index is 11.6. The summed E-state index contributed by atoms with van der Waals surface area (Å²) in [5.41, 5.74) is 2.67. The Labute approximate surface area is 97.2 Å². The SMILES string of the molecule is CCC1=CCN([S@](C)=O)[C@H]1c1ccsc1. The van der Waals surface area contributed by atoms with Crippen LogP contribution in [0, 0.1) is 0 Å². The fourth-order valence-corrected chi connectivity index (χ4v) is 3.53. The van der Waals surface area contributed by atoms with Crippen molar-refractivity contribution in [2.24, 2.45) is 0 Å². The Kier molecular flexibility index (Phi) is 3.38. The molecule has 0 unspecified atom stereocenters. The number of nitrogens with zero attached hydrogens (tertiary/aromatic N) is 1. The van der Waals surface area contributed by atoms with Crippen molar-refractivity contribution >= 4 is 22.3 Å². The van der Waals surface area contributed by atoms with Crippen LogP contribution in [0.2, 0.25) is 0 Å². The van der Waals surface area contributed by atoms with E-state index < -0.39 is 11.0 Å². The van der Waals surface area contributed by atoms with Gasteiger partial charge < -0.3 is 0 Å². The molecule has 0 bridgehead atoms. The molecule has 0 saturated carbocycles. The minimum atomic E-state index is -0.892. The van der Waals surface area contributed by atoms with Crippen molar-refractivity contribution in [1.82, 2.24) is 4.31 Å². The standard InChI is InChI=1S/C11H15NOS2/c1-3-9-4-6-12(15(2)13)11(9)10-5-7-14-8-10/h4-5,7-8,11H,3,6H2,1-2H3/t11-,15+/m1/s1. The molecule has 2 atom stereocenters. The van der Waals surface area contributed by atoms with Crippen LogP contribution in [0.5, 0.6) is 0 Å². The molecule has 0 radical (unpaired) electrons. The van der Waals surface area contributed by atoms with Crippen molar-refractivity contribution in [2.75, 3.05) is 12.8 Å². The van der Waals surface area contributed by atoms with Gasteiger partial charge in [-0.1, -0.05) is 18.6 Å². The molecule has 1 aromatic heterocycles.